The van der Waals surface area contributed by atoms with Gasteiger partial charge in [-0.1, -0.05) is 56.6 Å². The second-order valence-electron chi connectivity index (χ2n) is 10.6. The smallest absolute Gasteiger partial charge is 0.224 e. The van der Waals surface area contributed by atoms with Gasteiger partial charge in [-0.05, 0) is 69.8 Å². The Bertz CT molecular complexity index is 843. The Labute approximate surface area is 217 Å². The van der Waals surface area contributed by atoms with Crippen LogP contribution in [0.4, 0.5) is 11.8 Å². The lowest BCUT2D eigenvalue weighted by Gasteiger charge is -2.22. The maximum Gasteiger partial charge on any atom is 0.224 e. The Balaban J connectivity index is 1.03. The Morgan fingerprint density at radius 1 is 0.917 bits per heavy atom. The zero-order chi connectivity index (χ0) is 24.7. The second-order valence-corrected chi connectivity index (χ2v) is 10.6. The SMILES string of the molecule is c1cc(NCC2CCNCC2)nc(NCc2cn(CCCNCCCCCC3CCCCC3)nn2)n1. The molecule has 4 N–H and O–H groups in total. The van der Waals surface area contributed by atoms with Gasteiger partial charge in [0, 0.05) is 19.3 Å². The highest BCUT2D eigenvalue weighted by atomic mass is 15.4. The lowest BCUT2D eigenvalue weighted by atomic mass is 9.86. The molecule has 4 rings (SSSR count). The summed E-state index contributed by atoms with van der Waals surface area (Å²) >= 11 is 0. The van der Waals surface area contributed by atoms with E-state index in [0.717, 1.165) is 63.1 Å². The van der Waals surface area contributed by atoms with Gasteiger partial charge in [0.15, 0.2) is 0 Å². The molecule has 0 atom stereocenters. The first-order chi connectivity index (χ1) is 17.8. The van der Waals surface area contributed by atoms with Crippen molar-refractivity contribution in [3.8, 4) is 0 Å². The molecule has 1 aliphatic carbocycles. The van der Waals surface area contributed by atoms with Crippen LogP contribution in [0.2, 0.25) is 0 Å². The number of hydrogen-bond acceptors (Lipinski definition) is 8. The number of piperidine rings is 1. The summed E-state index contributed by atoms with van der Waals surface area (Å²) in [4.78, 5) is 8.93. The molecule has 3 heterocycles. The molecule has 36 heavy (non-hydrogen) atoms. The van der Waals surface area contributed by atoms with Crippen LogP contribution >= 0.6 is 0 Å². The molecule has 9 heteroatoms. The molecule has 200 valence electrons. The van der Waals surface area contributed by atoms with Crippen LogP contribution in [0.5, 0.6) is 0 Å². The fraction of sp³-hybridized carbons (Fsp3) is 0.778. The van der Waals surface area contributed by atoms with Crippen molar-refractivity contribution < 1.29 is 0 Å². The highest BCUT2D eigenvalue weighted by Gasteiger charge is 2.13. The van der Waals surface area contributed by atoms with Crippen LogP contribution in [0.25, 0.3) is 0 Å². The molecule has 2 aromatic heterocycles. The van der Waals surface area contributed by atoms with Gasteiger partial charge in [0.25, 0.3) is 0 Å². The van der Waals surface area contributed by atoms with Crippen molar-refractivity contribution in [3.63, 3.8) is 0 Å². The molecule has 1 aliphatic heterocycles. The number of hydrogen-bond donors (Lipinski definition) is 4. The molecule has 0 radical (unpaired) electrons. The van der Waals surface area contributed by atoms with Crippen molar-refractivity contribution in [1.82, 2.24) is 35.6 Å². The molecule has 2 aliphatic rings. The first kappa shape index (κ1) is 26.8. The predicted octanol–water partition coefficient (Wildman–Crippen LogP) is 4.21. The van der Waals surface area contributed by atoms with E-state index in [1.54, 1.807) is 6.20 Å². The lowest BCUT2D eigenvalue weighted by Crippen LogP contribution is -2.31. The number of nitrogens with zero attached hydrogens (tertiary/aromatic N) is 5. The molecular weight excluding hydrogens is 450 g/mol. The Kier molecular flexibility index (Phi) is 11.7. The molecule has 0 spiro atoms. The average Bonchev–Trinajstić information content (AvgIpc) is 3.39. The third-order valence-electron chi connectivity index (χ3n) is 7.63. The number of rotatable bonds is 16. The van der Waals surface area contributed by atoms with Gasteiger partial charge in [0.2, 0.25) is 5.95 Å². The molecule has 0 unspecified atom stereocenters. The lowest BCUT2D eigenvalue weighted by molar-refractivity contribution is 0.328. The molecular formula is C27H47N9. The highest BCUT2D eigenvalue weighted by molar-refractivity contribution is 5.39. The second kappa shape index (κ2) is 15.8. The third-order valence-corrected chi connectivity index (χ3v) is 7.63. The quantitative estimate of drug-likeness (QED) is 0.256. The van der Waals surface area contributed by atoms with Crippen molar-refractivity contribution in [3.05, 3.63) is 24.2 Å². The standard InChI is InChI=1S/C27H47N9/c1-3-8-23(9-4-1)10-5-2-6-14-28-15-7-19-36-22-25(34-35-36)21-32-27-30-18-13-26(33-27)31-20-24-11-16-29-17-12-24/h13,18,22-24,28-29H,1-12,14-17,19-21H2,(H2,30,31,32,33). The van der Waals surface area contributed by atoms with E-state index in [4.69, 9.17) is 0 Å². The molecule has 2 fully saturated rings. The Hall–Kier alpha value is -2.26. The van der Waals surface area contributed by atoms with Crippen LogP contribution < -0.4 is 21.3 Å². The number of anilines is 2. The number of aromatic nitrogens is 5. The minimum atomic E-state index is 0.566. The summed E-state index contributed by atoms with van der Waals surface area (Å²) < 4.78 is 1.93. The molecule has 0 amide bonds. The molecule has 9 nitrogen and oxygen atoms in total. The molecule has 0 aromatic carbocycles. The average molecular weight is 498 g/mol. The van der Waals surface area contributed by atoms with Crippen LogP contribution in [0.15, 0.2) is 18.5 Å². The van der Waals surface area contributed by atoms with Gasteiger partial charge >= 0.3 is 0 Å². The van der Waals surface area contributed by atoms with Gasteiger partial charge in [-0.2, -0.15) is 4.98 Å². The van der Waals surface area contributed by atoms with Crippen molar-refractivity contribution in [2.24, 2.45) is 11.8 Å². The summed E-state index contributed by atoms with van der Waals surface area (Å²) in [6.07, 6.45) is 20.2. The van der Waals surface area contributed by atoms with Gasteiger partial charge in [-0.25, -0.2) is 4.98 Å². The van der Waals surface area contributed by atoms with E-state index in [1.807, 2.05) is 16.9 Å². The number of unbranched alkanes of at least 4 members (excludes halogenated alkanes) is 2. The summed E-state index contributed by atoms with van der Waals surface area (Å²) in [6, 6.07) is 1.92. The van der Waals surface area contributed by atoms with E-state index in [1.165, 1.54) is 70.6 Å². The van der Waals surface area contributed by atoms with Crippen molar-refractivity contribution in [1.29, 1.82) is 0 Å². The maximum absolute atomic E-state index is 4.59. The van der Waals surface area contributed by atoms with Gasteiger partial charge in [-0.15, -0.1) is 5.10 Å². The van der Waals surface area contributed by atoms with E-state index >= 15 is 0 Å². The zero-order valence-corrected chi connectivity index (χ0v) is 22.1. The number of aryl methyl sites for hydroxylation is 1. The van der Waals surface area contributed by atoms with E-state index in [9.17, 15) is 0 Å². The first-order valence-electron chi connectivity index (χ1n) is 14.5. The minimum Gasteiger partial charge on any atom is -0.370 e. The monoisotopic (exact) mass is 497 g/mol. The van der Waals surface area contributed by atoms with Crippen LogP contribution in [0.3, 0.4) is 0 Å². The third kappa shape index (κ3) is 10.0. The largest absolute Gasteiger partial charge is 0.370 e. The van der Waals surface area contributed by atoms with E-state index in [-0.39, 0.29) is 0 Å². The Morgan fingerprint density at radius 2 is 1.78 bits per heavy atom. The molecule has 2 aromatic rings. The van der Waals surface area contributed by atoms with Crippen LogP contribution in [0, 0.1) is 11.8 Å². The maximum atomic E-state index is 4.59. The highest BCUT2D eigenvalue weighted by Crippen LogP contribution is 2.27. The zero-order valence-electron chi connectivity index (χ0n) is 22.1. The first-order valence-corrected chi connectivity index (χ1v) is 14.5. The predicted molar refractivity (Wildman–Crippen MR) is 146 cm³/mol. The van der Waals surface area contributed by atoms with Crippen LogP contribution in [0.1, 0.15) is 82.7 Å². The minimum absolute atomic E-state index is 0.566. The van der Waals surface area contributed by atoms with Gasteiger partial charge in [-0.3, -0.25) is 4.68 Å². The van der Waals surface area contributed by atoms with E-state index in [2.05, 4.69) is 41.5 Å². The Morgan fingerprint density at radius 3 is 2.67 bits per heavy atom. The summed E-state index contributed by atoms with van der Waals surface area (Å²) in [7, 11) is 0. The number of nitrogens with one attached hydrogen (secondary N) is 4. The molecule has 1 saturated carbocycles. The fourth-order valence-corrected chi connectivity index (χ4v) is 5.40. The van der Waals surface area contributed by atoms with E-state index in [0.29, 0.717) is 18.4 Å². The summed E-state index contributed by atoms with van der Waals surface area (Å²) in [5.41, 5.74) is 0.901. The summed E-state index contributed by atoms with van der Waals surface area (Å²) in [5, 5.41) is 22.3. The van der Waals surface area contributed by atoms with Gasteiger partial charge in [0.05, 0.1) is 12.7 Å². The van der Waals surface area contributed by atoms with Crippen molar-refractivity contribution >= 4 is 11.8 Å². The van der Waals surface area contributed by atoms with Gasteiger partial charge in [0.1, 0.15) is 11.5 Å². The van der Waals surface area contributed by atoms with Crippen LogP contribution in [-0.2, 0) is 13.1 Å². The van der Waals surface area contributed by atoms with E-state index < -0.39 is 0 Å². The topological polar surface area (TPSA) is 105 Å². The molecule has 1 saturated heterocycles. The van der Waals surface area contributed by atoms with Crippen molar-refractivity contribution in [2.45, 2.75) is 90.1 Å². The fourth-order valence-electron chi connectivity index (χ4n) is 5.40. The summed E-state index contributed by atoms with van der Waals surface area (Å²) in [6.45, 7) is 6.79. The normalized spacial score (nSPS) is 17.3. The molecule has 0 bridgehead atoms. The summed E-state index contributed by atoms with van der Waals surface area (Å²) in [5.74, 6) is 3.21. The van der Waals surface area contributed by atoms with Crippen LogP contribution in [-0.4, -0.2) is 57.7 Å². The van der Waals surface area contributed by atoms with Crippen molar-refractivity contribution in [2.75, 3.05) is 43.4 Å². The van der Waals surface area contributed by atoms with Gasteiger partial charge < -0.3 is 21.3 Å².